The highest BCUT2D eigenvalue weighted by atomic mass is 127. The topological polar surface area (TPSA) is 50.7 Å². The van der Waals surface area contributed by atoms with Crippen LogP contribution >= 0.6 is 22.6 Å². The number of halogens is 1. The Morgan fingerprint density at radius 2 is 1.91 bits per heavy atom. The molecule has 2 rings (SSSR count). The van der Waals surface area contributed by atoms with Crippen molar-refractivity contribution in [3.05, 3.63) is 63.2 Å². The number of hydrazone groups is 1. The van der Waals surface area contributed by atoms with Crippen LogP contribution in [0.25, 0.3) is 0 Å². The average Bonchev–Trinajstić information content (AvgIpc) is 2.56. The Balaban J connectivity index is 2.14. The summed E-state index contributed by atoms with van der Waals surface area (Å²) >= 11 is 2.14. The molecule has 0 spiro atoms. The molecule has 1 amide bonds. The molecule has 0 aromatic heterocycles. The van der Waals surface area contributed by atoms with E-state index in [2.05, 4.69) is 33.1 Å². The molecule has 0 saturated heterocycles. The highest BCUT2D eigenvalue weighted by Gasteiger charge is 2.09. The molecule has 5 heteroatoms. The van der Waals surface area contributed by atoms with Gasteiger partial charge in [-0.3, -0.25) is 4.79 Å². The monoisotopic (exact) mass is 408 g/mol. The first kappa shape index (κ1) is 16.5. The van der Waals surface area contributed by atoms with Gasteiger partial charge in [0, 0.05) is 5.56 Å². The molecule has 0 atom stereocenters. The van der Waals surface area contributed by atoms with Crippen LogP contribution in [0.3, 0.4) is 0 Å². The van der Waals surface area contributed by atoms with Crippen molar-refractivity contribution in [2.24, 2.45) is 5.10 Å². The SMILES string of the molecule is CC/C(=N\NC(=O)c1ccc(OC)c(I)c1)c1ccccc1. The lowest BCUT2D eigenvalue weighted by molar-refractivity contribution is 0.0954. The van der Waals surface area contributed by atoms with Gasteiger partial charge in [-0.25, -0.2) is 5.43 Å². The van der Waals surface area contributed by atoms with E-state index in [1.807, 2.05) is 37.3 Å². The molecule has 0 aliphatic rings. The van der Waals surface area contributed by atoms with Crippen molar-refractivity contribution in [3.8, 4) is 5.75 Å². The van der Waals surface area contributed by atoms with Crippen LogP contribution in [0.5, 0.6) is 5.75 Å². The van der Waals surface area contributed by atoms with Crippen LogP contribution in [0.1, 0.15) is 29.3 Å². The molecule has 0 aliphatic carbocycles. The van der Waals surface area contributed by atoms with E-state index in [-0.39, 0.29) is 5.91 Å². The van der Waals surface area contributed by atoms with Crippen LogP contribution in [0, 0.1) is 3.57 Å². The van der Waals surface area contributed by atoms with Crippen molar-refractivity contribution in [2.45, 2.75) is 13.3 Å². The van der Waals surface area contributed by atoms with E-state index in [0.717, 1.165) is 27.0 Å². The summed E-state index contributed by atoms with van der Waals surface area (Å²) in [5, 5.41) is 4.24. The number of amides is 1. The maximum Gasteiger partial charge on any atom is 0.271 e. The maximum absolute atomic E-state index is 12.2. The van der Waals surface area contributed by atoms with Crippen LogP contribution in [0.2, 0.25) is 0 Å². The second-order valence-electron chi connectivity index (χ2n) is 4.57. The Morgan fingerprint density at radius 1 is 1.18 bits per heavy atom. The molecule has 0 heterocycles. The quantitative estimate of drug-likeness (QED) is 0.464. The van der Waals surface area contributed by atoms with E-state index in [4.69, 9.17) is 4.74 Å². The van der Waals surface area contributed by atoms with E-state index >= 15 is 0 Å². The van der Waals surface area contributed by atoms with Gasteiger partial charge in [-0.05, 0) is 52.8 Å². The van der Waals surface area contributed by atoms with Gasteiger partial charge in [-0.15, -0.1) is 0 Å². The third kappa shape index (κ3) is 4.07. The summed E-state index contributed by atoms with van der Waals surface area (Å²) in [7, 11) is 1.61. The fourth-order valence-electron chi connectivity index (χ4n) is 1.97. The second kappa shape index (κ2) is 7.93. The lowest BCUT2D eigenvalue weighted by Crippen LogP contribution is -2.20. The van der Waals surface area contributed by atoms with Crippen LogP contribution in [0.4, 0.5) is 0 Å². The van der Waals surface area contributed by atoms with Crippen LogP contribution in [0.15, 0.2) is 53.6 Å². The van der Waals surface area contributed by atoms with E-state index in [9.17, 15) is 4.79 Å². The van der Waals surface area contributed by atoms with E-state index < -0.39 is 0 Å². The predicted octanol–water partition coefficient (Wildman–Crippen LogP) is 3.84. The molecular weight excluding hydrogens is 391 g/mol. The molecule has 1 N–H and O–H groups in total. The van der Waals surface area contributed by atoms with Crippen molar-refractivity contribution in [3.63, 3.8) is 0 Å². The first-order valence-corrected chi connectivity index (χ1v) is 7.99. The zero-order valence-electron chi connectivity index (χ0n) is 12.5. The Hall–Kier alpha value is -1.89. The summed E-state index contributed by atoms with van der Waals surface area (Å²) in [6, 6.07) is 15.1. The van der Waals surface area contributed by atoms with Gasteiger partial charge in [0.25, 0.3) is 5.91 Å². The highest BCUT2D eigenvalue weighted by molar-refractivity contribution is 14.1. The van der Waals surface area contributed by atoms with Gasteiger partial charge < -0.3 is 4.74 Å². The molecular formula is C17H17IN2O2. The van der Waals surface area contributed by atoms with E-state index in [1.165, 1.54) is 0 Å². The second-order valence-corrected chi connectivity index (χ2v) is 5.73. The summed E-state index contributed by atoms with van der Waals surface area (Å²) in [6.45, 7) is 2.01. The predicted molar refractivity (Wildman–Crippen MR) is 96.4 cm³/mol. The Labute approximate surface area is 143 Å². The zero-order valence-corrected chi connectivity index (χ0v) is 14.6. The fourth-order valence-corrected chi connectivity index (χ4v) is 2.70. The third-order valence-electron chi connectivity index (χ3n) is 3.15. The van der Waals surface area contributed by atoms with Crippen LogP contribution in [-0.4, -0.2) is 18.7 Å². The average molecular weight is 408 g/mol. The summed E-state index contributed by atoms with van der Waals surface area (Å²) in [5.74, 6) is 0.515. The summed E-state index contributed by atoms with van der Waals surface area (Å²) in [5.41, 5.74) is 5.02. The number of benzene rings is 2. The number of hydrogen-bond acceptors (Lipinski definition) is 3. The van der Waals surface area contributed by atoms with Gasteiger partial charge in [-0.1, -0.05) is 37.3 Å². The largest absolute Gasteiger partial charge is 0.496 e. The molecule has 114 valence electrons. The standard InChI is InChI=1S/C17H17IN2O2/c1-3-15(12-7-5-4-6-8-12)19-20-17(21)13-9-10-16(22-2)14(18)11-13/h4-11H,3H2,1-2H3,(H,20,21)/b19-15+. The van der Waals surface area contributed by atoms with Gasteiger partial charge in [0.1, 0.15) is 5.75 Å². The Morgan fingerprint density at radius 3 is 2.50 bits per heavy atom. The van der Waals surface area contributed by atoms with Crippen molar-refractivity contribution in [1.82, 2.24) is 5.43 Å². The molecule has 4 nitrogen and oxygen atoms in total. The normalized spacial score (nSPS) is 11.1. The number of hydrogen-bond donors (Lipinski definition) is 1. The van der Waals surface area contributed by atoms with Gasteiger partial charge in [0.15, 0.2) is 0 Å². The van der Waals surface area contributed by atoms with Crippen molar-refractivity contribution >= 4 is 34.2 Å². The van der Waals surface area contributed by atoms with Gasteiger partial charge >= 0.3 is 0 Å². The highest BCUT2D eigenvalue weighted by Crippen LogP contribution is 2.21. The number of nitrogens with zero attached hydrogens (tertiary/aromatic N) is 1. The number of methoxy groups -OCH3 is 1. The molecule has 0 bridgehead atoms. The number of carbonyl (C=O) groups excluding carboxylic acids is 1. The van der Waals surface area contributed by atoms with E-state index in [1.54, 1.807) is 25.3 Å². The first-order valence-electron chi connectivity index (χ1n) is 6.91. The lowest BCUT2D eigenvalue weighted by Gasteiger charge is -2.07. The molecule has 0 saturated carbocycles. The summed E-state index contributed by atoms with van der Waals surface area (Å²) in [4.78, 5) is 12.2. The first-order chi connectivity index (χ1) is 10.7. The molecule has 22 heavy (non-hydrogen) atoms. The summed E-state index contributed by atoms with van der Waals surface area (Å²) in [6.07, 6.45) is 0.741. The van der Waals surface area contributed by atoms with Crippen molar-refractivity contribution in [1.29, 1.82) is 0 Å². The van der Waals surface area contributed by atoms with Crippen molar-refractivity contribution < 1.29 is 9.53 Å². The number of rotatable bonds is 5. The molecule has 2 aromatic carbocycles. The zero-order chi connectivity index (χ0) is 15.9. The van der Waals surface area contributed by atoms with Crippen LogP contribution in [-0.2, 0) is 0 Å². The molecule has 0 unspecified atom stereocenters. The van der Waals surface area contributed by atoms with Gasteiger partial charge in [-0.2, -0.15) is 5.10 Å². The molecule has 0 fully saturated rings. The molecule has 2 aromatic rings. The van der Waals surface area contributed by atoms with Gasteiger partial charge in [0.2, 0.25) is 0 Å². The smallest absolute Gasteiger partial charge is 0.271 e. The number of ether oxygens (including phenoxy) is 1. The van der Waals surface area contributed by atoms with E-state index in [0.29, 0.717) is 5.56 Å². The Bertz CT molecular complexity index is 684. The molecule has 0 radical (unpaired) electrons. The minimum absolute atomic E-state index is 0.234. The number of carbonyl (C=O) groups is 1. The molecule has 0 aliphatic heterocycles. The van der Waals surface area contributed by atoms with Crippen LogP contribution < -0.4 is 10.2 Å². The van der Waals surface area contributed by atoms with Crippen molar-refractivity contribution in [2.75, 3.05) is 7.11 Å². The fraction of sp³-hybridized carbons (Fsp3) is 0.176. The lowest BCUT2D eigenvalue weighted by atomic mass is 10.1. The third-order valence-corrected chi connectivity index (χ3v) is 3.99. The minimum atomic E-state index is -0.234. The number of nitrogens with one attached hydrogen (secondary N) is 1. The maximum atomic E-state index is 12.2. The minimum Gasteiger partial charge on any atom is -0.496 e. The van der Waals surface area contributed by atoms with Gasteiger partial charge in [0.05, 0.1) is 16.4 Å². The Kier molecular flexibility index (Phi) is 5.94. The summed E-state index contributed by atoms with van der Waals surface area (Å²) < 4.78 is 6.07.